The van der Waals surface area contributed by atoms with Crippen LogP contribution in [0.1, 0.15) is 13.3 Å². The van der Waals surface area contributed by atoms with Crippen LogP contribution in [0.4, 0.5) is 17.1 Å². The van der Waals surface area contributed by atoms with E-state index in [-0.39, 0.29) is 36.6 Å². The van der Waals surface area contributed by atoms with Crippen LogP contribution in [-0.2, 0) is 9.53 Å². The lowest BCUT2D eigenvalue weighted by atomic mass is 10.2. The largest absolute Gasteiger partial charge is 0.466 e. The molecule has 0 amide bonds. The number of nitro groups is 2. The van der Waals surface area contributed by atoms with Gasteiger partial charge in [-0.2, -0.15) is 0 Å². The van der Waals surface area contributed by atoms with E-state index in [0.717, 1.165) is 6.07 Å². The van der Waals surface area contributed by atoms with Gasteiger partial charge in [-0.05, 0) is 13.0 Å². The molecule has 0 saturated carbocycles. The molecule has 0 aliphatic heterocycles. The normalized spacial score (nSPS) is 10.0. The molecule has 0 aromatic heterocycles. The number of carbonyl (C=O) groups is 1. The van der Waals surface area contributed by atoms with Crippen molar-refractivity contribution in [2.75, 3.05) is 25.1 Å². The van der Waals surface area contributed by atoms with Crippen molar-refractivity contribution in [1.29, 1.82) is 0 Å². The van der Waals surface area contributed by atoms with Crippen LogP contribution in [0, 0.1) is 20.2 Å². The molecule has 0 heterocycles. The van der Waals surface area contributed by atoms with Crippen molar-refractivity contribution in [2.45, 2.75) is 13.3 Å². The number of non-ortho nitro benzene ring substituents is 1. The van der Waals surface area contributed by atoms with E-state index in [2.05, 4.69) is 0 Å². The zero-order chi connectivity index (χ0) is 16.0. The minimum atomic E-state index is -0.699. The smallest absolute Gasteiger partial charge is 0.307 e. The quantitative estimate of drug-likeness (QED) is 0.428. The Kier molecular flexibility index (Phi) is 5.58. The molecule has 0 spiro atoms. The summed E-state index contributed by atoms with van der Waals surface area (Å²) < 4.78 is 4.77. The molecule has 1 rings (SSSR count). The van der Waals surface area contributed by atoms with Gasteiger partial charge in [0.2, 0.25) is 0 Å². The summed E-state index contributed by atoms with van der Waals surface area (Å²) in [6.45, 7) is 2.15. The summed E-state index contributed by atoms with van der Waals surface area (Å²) in [6, 6.07) is 3.38. The SMILES string of the molecule is CCOC(=O)CCN(C)c1ccc([N+](=O)[O-])cc1[N+](=O)[O-]. The Hall–Kier alpha value is -2.71. The van der Waals surface area contributed by atoms with E-state index in [1.807, 2.05) is 0 Å². The summed E-state index contributed by atoms with van der Waals surface area (Å²) in [7, 11) is 1.56. The van der Waals surface area contributed by atoms with Crippen LogP contribution in [0.15, 0.2) is 18.2 Å². The van der Waals surface area contributed by atoms with Gasteiger partial charge in [0.15, 0.2) is 0 Å². The van der Waals surface area contributed by atoms with Gasteiger partial charge >= 0.3 is 5.97 Å². The second-order valence-corrected chi connectivity index (χ2v) is 4.16. The van der Waals surface area contributed by atoms with Crippen molar-refractivity contribution in [2.24, 2.45) is 0 Å². The van der Waals surface area contributed by atoms with E-state index in [0.29, 0.717) is 0 Å². The number of nitro benzene ring substituents is 2. The van der Waals surface area contributed by atoms with Crippen LogP contribution in [0.25, 0.3) is 0 Å². The van der Waals surface area contributed by atoms with Gasteiger partial charge in [-0.3, -0.25) is 25.0 Å². The average Bonchev–Trinajstić information content (AvgIpc) is 2.44. The second-order valence-electron chi connectivity index (χ2n) is 4.16. The van der Waals surface area contributed by atoms with Gasteiger partial charge in [0, 0.05) is 19.7 Å². The van der Waals surface area contributed by atoms with Gasteiger partial charge in [-0.25, -0.2) is 0 Å². The summed E-state index contributed by atoms with van der Waals surface area (Å²) in [4.78, 5) is 33.0. The van der Waals surface area contributed by atoms with E-state index >= 15 is 0 Å². The molecule has 0 aliphatic rings. The Labute approximate surface area is 120 Å². The van der Waals surface area contributed by atoms with Crippen LogP contribution in [-0.4, -0.2) is 36.0 Å². The van der Waals surface area contributed by atoms with Crippen LogP contribution in [0.2, 0.25) is 0 Å². The first-order chi connectivity index (χ1) is 9.86. The third kappa shape index (κ3) is 4.41. The molecule has 0 fully saturated rings. The molecule has 9 nitrogen and oxygen atoms in total. The Balaban J connectivity index is 2.93. The molecular weight excluding hydrogens is 282 g/mol. The topological polar surface area (TPSA) is 116 Å². The van der Waals surface area contributed by atoms with E-state index in [1.54, 1.807) is 14.0 Å². The molecule has 1 aromatic carbocycles. The third-order valence-corrected chi connectivity index (χ3v) is 2.73. The minimum Gasteiger partial charge on any atom is -0.466 e. The Morgan fingerprint density at radius 3 is 2.48 bits per heavy atom. The fourth-order valence-corrected chi connectivity index (χ4v) is 1.71. The lowest BCUT2D eigenvalue weighted by molar-refractivity contribution is -0.393. The number of anilines is 1. The highest BCUT2D eigenvalue weighted by Gasteiger charge is 2.22. The third-order valence-electron chi connectivity index (χ3n) is 2.73. The molecule has 21 heavy (non-hydrogen) atoms. The highest BCUT2D eigenvalue weighted by atomic mass is 16.6. The van der Waals surface area contributed by atoms with Crippen molar-refractivity contribution in [3.63, 3.8) is 0 Å². The highest BCUT2D eigenvalue weighted by Crippen LogP contribution is 2.31. The molecule has 114 valence electrons. The molecule has 1 aromatic rings. The Morgan fingerprint density at radius 2 is 1.95 bits per heavy atom. The van der Waals surface area contributed by atoms with Gasteiger partial charge < -0.3 is 9.64 Å². The number of benzene rings is 1. The first kappa shape index (κ1) is 16.3. The number of hydrogen-bond acceptors (Lipinski definition) is 7. The maximum Gasteiger partial charge on any atom is 0.307 e. The van der Waals surface area contributed by atoms with E-state index in [4.69, 9.17) is 4.74 Å². The maximum atomic E-state index is 11.3. The molecule has 0 unspecified atom stereocenters. The Morgan fingerprint density at radius 1 is 1.29 bits per heavy atom. The summed E-state index contributed by atoms with van der Waals surface area (Å²) in [5.41, 5.74) is -0.533. The molecule has 0 aliphatic carbocycles. The zero-order valence-corrected chi connectivity index (χ0v) is 11.6. The maximum absolute atomic E-state index is 11.3. The predicted molar refractivity (Wildman–Crippen MR) is 74.3 cm³/mol. The fourth-order valence-electron chi connectivity index (χ4n) is 1.71. The van der Waals surface area contributed by atoms with Crippen molar-refractivity contribution < 1.29 is 19.4 Å². The van der Waals surface area contributed by atoms with Crippen LogP contribution in [0.3, 0.4) is 0 Å². The first-order valence-electron chi connectivity index (χ1n) is 6.16. The summed E-state index contributed by atoms with van der Waals surface area (Å²) >= 11 is 0. The van der Waals surface area contributed by atoms with Gasteiger partial charge in [0.25, 0.3) is 11.4 Å². The van der Waals surface area contributed by atoms with Crippen molar-refractivity contribution in [3.05, 3.63) is 38.4 Å². The van der Waals surface area contributed by atoms with Crippen molar-refractivity contribution in [1.82, 2.24) is 0 Å². The zero-order valence-electron chi connectivity index (χ0n) is 11.6. The van der Waals surface area contributed by atoms with E-state index in [1.165, 1.54) is 17.0 Å². The number of nitrogens with zero attached hydrogens (tertiary/aromatic N) is 3. The summed E-state index contributed by atoms with van der Waals surface area (Å²) in [5, 5.41) is 21.7. The van der Waals surface area contributed by atoms with Crippen LogP contribution < -0.4 is 4.90 Å². The van der Waals surface area contributed by atoms with Gasteiger partial charge in [0.05, 0.1) is 28.9 Å². The van der Waals surface area contributed by atoms with Crippen molar-refractivity contribution >= 4 is 23.0 Å². The lowest BCUT2D eigenvalue weighted by Gasteiger charge is -2.18. The number of carbonyl (C=O) groups excluding carboxylic acids is 1. The predicted octanol–water partition coefficient (Wildman–Crippen LogP) is 1.89. The van der Waals surface area contributed by atoms with Gasteiger partial charge in [-0.1, -0.05) is 0 Å². The fraction of sp³-hybridized carbons (Fsp3) is 0.417. The van der Waals surface area contributed by atoms with Gasteiger partial charge in [-0.15, -0.1) is 0 Å². The monoisotopic (exact) mass is 297 g/mol. The number of esters is 1. The molecule has 0 radical (unpaired) electrons. The molecule has 0 N–H and O–H groups in total. The number of ether oxygens (including phenoxy) is 1. The average molecular weight is 297 g/mol. The Bertz CT molecular complexity index is 560. The minimum absolute atomic E-state index is 0.0679. The van der Waals surface area contributed by atoms with Gasteiger partial charge in [0.1, 0.15) is 5.69 Å². The molecule has 9 heteroatoms. The molecule has 0 saturated heterocycles. The number of rotatable bonds is 7. The lowest BCUT2D eigenvalue weighted by Crippen LogP contribution is -2.22. The van der Waals surface area contributed by atoms with Crippen molar-refractivity contribution in [3.8, 4) is 0 Å². The molecular formula is C12H15N3O6. The van der Waals surface area contributed by atoms with Crippen LogP contribution in [0.5, 0.6) is 0 Å². The first-order valence-corrected chi connectivity index (χ1v) is 6.16. The molecule has 0 bridgehead atoms. The standard InChI is InChI=1S/C12H15N3O6/c1-3-21-12(16)6-7-13(2)10-5-4-9(14(17)18)8-11(10)15(19)20/h4-5,8H,3,6-7H2,1-2H3. The summed E-state index contributed by atoms with van der Waals surface area (Å²) in [5.74, 6) is -0.408. The molecule has 0 atom stereocenters. The van der Waals surface area contributed by atoms with Crippen LogP contribution >= 0.6 is 0 Å². The second kappa shape index (κ2) is 7.17. The highest BCUT2D eigenvalue weighted by molar-refractivity contribution is 5.71. The van der Waals surface area contributed by atoms with E-state index < -0.39 is 15.8 Å². The van der Waals surface area contributed by atoms with E-state index in [9.17, 15) is 25.0 Å². The number of hydrogen-bond donors (Lipinski definition) is 0. The summed E-state index contributed by atoms with van der Waals surface area (Å²) in [6.07, 6.45) is 0.0679.